The Hall–Kier alpha value is -0.570. The van der Waals surface area contributed by atoms with Gasteiger partial charge in [0.2, 0.25) is 5.91 Å². The molecule has 0 bridgehead atoms. The van der Waals surface area contributed by atoms with Crippen molar-refractivity contribution in [3.63, 3.8) is 0 Å². The summed E-state index contributed by atoms with van der Waals surface area (Å²) in [7, 11) is 0. The highest BCUT2D eigenvalue weighted by Gasteiger charge is 2.41. The van der Waals surface area contributed by atoms with Crippen molar-refractivity contribution in [3.8, 4) is 0 Å². The number of amides is 1. The maximum Gasteiger partial charge on any atom is 0.240 e. The average Bonchev–Trinajstić information content (AvgIpc) is 2.69. The highest BCUT2D eigenvalue weighted by Crippen LogP contribution is 2.48. The third-order valence-corrected chi connectivity index (χ3v) is 2.30. The van der Waals surface area contributed by atoms with Gasteiger partial charge in [-0.3, -0.25) is 9.63 Å². The van der Waals surface area contributed by atoms with Crippen LogP contribution in [-0.4, -0.2) is 12.5 Å². The molecule has 0 radical (unpaired) electrons. The van der Waals surface area contributed by atoms with Crippen LogP contribution < -0.4 is 5.48 Å². The summed E-state index contributed by atoms with van der Waals surface area (Å²) < 4.78 is 0. The SMILES string of the molecule is CCC1(CONC(C)=O)CC1. The Bertz CT molecular complexity index is 152. The van der Waals surface area contributed by atoms with Crippen LogP contribution in [0.4, 0.5) is 0 Å². The van der Waals surface area contributed by atoms with Crippen LogP contribution in [0.15, 0.2) is 0 Å². The van der Waals surface area contributed by atoms with E-state index in [-0.39, 0.29) is 5.91 Å². The zero-order valence-corrected chi connectivity index (χ0v) is 7.14. The van der Waals surface area contributed by atoms with Gasteiger partial charge in [-0.1, -0.05) is 6.92 Å². The first-order valence-corrected chi connectivity index (χ1v) is 4.07. The fourth-order valence-corrected chi connectivity index (χ4v) is 1.07. The van der Waals surface area contributed by atoms with Gasteiger partial charge in [-0.05, 0) is 24.7 Å². The molecule has 0 aromatic carbocycles. The van der Waals surface area contributed by atoms with E-state index < -0.39 is 0 Å². The van der Waals surface area contributed by atoms with Crippen LogP contribution in [-0.2, 0) is 9.63 Å². The van der Waals surface area contributed by atoms with Gasteiger partial charge in [0.05, 0.1) is 6.61 Å². The molecule has 0 unspecified atom stereocenters. The predicted molar refractivity (Wildman–Crippen MR) is 41.7 cm³/mol. The molecule has 1 fully saturated rings. The van der Waals surface area contributed by atoms with Crippen molar-refractivity contribution in [2.24, 2.45) is 5.41 Å². The topological polar surface area (TPSA) is 38.3 Å². The maximum absolute atomic E-state index is 10.4. The molecule has 3 heteroatoms. The van der Waals surface area contributed by atoms with Gasteiger partial charge in [0.1, 0.15) is 0 Å². The molecule has 11 heavy (non-hydrogen) atoms. The highest BCUT2D eigenvalue weighted by atomic mass is 16.7. The average molecular weight is 157 g/mol. The minimum Gasteiger partial charge on any atom is -0.273 e. The summed E-state index contributed by atoms with van der Waals surface area (Å²) in [6.45, 7) is 4.28. The second kappa shape index (κ2) is 3.22. The van der Waals surface area contributed by atoms with Gasteiger partial charge in [0.15, 0.2) is 0 Å². The third kappa shape index (κ3) is 2.50. The molecular formula is C8H15NO2. The van der Waals surface area contributed by atoms with Crippen molar-refractivity contribution in [3.05, 3.63) is 0 Å². The van der Waals surface area contributed by atoms with E-state index in [1.165, 1.54) is 19.8 Å². The number of hydroxylamine groups is 1. The van der Waals surface area contributed by atoms with Crippen LogP contribution in [0.2, 0.25) is 0 Å². The van der Waals surface area contributed by atoms with Gasteiger partial charge >= 0.3 is 0 Å². The van der Waals surface area contributed by atoms with E-state index in [1.807, 2.05) is 0 Å². The molecule has 64 valence electrons. The van der Waals surface area contributed by atoms with Gasteiger partial charge in [-0.2, -0.15) is 0 Å². The first-order chi connectivity index (χ1) is 5.18. The monoisotopic (exact) mass is 157 g/mol. The van der Waals surface area contributed by atoms with Gasteiger partial charge in [-0.25, -0.2) is 5.48 Å². The van der Waals surface area contributed by atoms with Crippen LogP contribution in [0.3, 0.4) is 0 Å². The van der Waals surface area contributed by atoms with E-state index in [2.05, 4.69) is 12.4 Å². The molecule has 0 aromatic rings. The number of nitrogens with one attached hydrogen (secondary N) is 1. The van der Waals surface area contributed by atoms with Crippen molar-refractivity contribution in [2.45, 2.75) is 33.1 Å². The van der Waals surface area contributed by atoms with Crippen molar-refractivity contribution >= 4 is 5.91 Å². The number of rotatable bonds is 4. The Morgan fingerprint density at radius 1 is 1.64 bits per heavy atom. The molecule has 1 aliphatic rings. The molecule has 3 nitrogen and oxygen atoms in total. The number of carbonyl (C=O) groups excluding carboxylic acids is 1. The molecule has 1 N–H and O–H groups in total. The standard InChI is InChI=1S/C8H15NO2/c1-3-8(4-5-8)6-11-9-7(2)10/h3-6H2,1-2H3,(H,9,10). The van der Waals surface area contributed by atoms with Crippen molar-refractivity contribution in [2.75, 3.05) is 6.61 Å². The Morgan fingerprint density at radius 2 is 2.27 bits per heavy atom. The molecular weight excluding hydrogens is 142 g/mol. The van der Waals surface area contributed by atoms with E-state index >= 15 is 0 Å². The van der Waals surface area contributed by atoms with E-state index in [4.69, 9.17) is 4.84 Å². The zero-order chi connectivity index (χ0) is 8.32. The molecule has 1 aliphatic carbocycles. The van der Waals surface area contributed by atoms with Crippen LogP contribution in [0.5, 0.6) is 0 Å². The molecule has 0 atom stereocenters. The molecule has 0 aliphatic heterocycles. The summed E-state index contributed by atoms with van der Waals surface area (Å²) in [5, 5.41) is 0. The lowest BCUT2D eigenvalue weighted by Crippen LogP contribution is -2.24. The summed E-state index contributed by atoms with van der Waals surface area (Å²) in [6, 6.07) is 0. The zero-order valence-electron chi connectivity index (χ0n) is 7.14. The van der Waals surface area contributed by atoms with E-state index in [0.29, 0.717) is 12.0 Å². The minimum absolute atomic E-state index is 0.128. The Kier molecular flexibility index (Phi) is 2.49. The van der Waals surface area contributed by atoms with Crippen molar-refractivity contribution < 1.29 is 9.63 Å². The summed E-state index contributed by atoms with van der Waals surface area (Å²) in [4.78, 5) is 15.4. The maximum atomic E-state index is 10.4. The summed E-state index contributed by atoms with van der Waals surface area (Å²) in [6.07, 6.45) is 3.62. The molecule has 1 saturated carbocycles. The van der Waals surface area contributed by atoms with E-state index in [9.17, 15) is 4.79 Å². The van der Waals surface area contributed by atoms with Crippen molar-refractivity contribution in [1.29, 1.82) is 0 Å². The summed E-state index contributed by atoms with van der Waals surface area (Å²) in [5.74, 6) is -0.128. The van der Waals surface area contributed by atoms with Gasteiger partial charge in [-0.15, -0.1) is 0 Å². The largest absolute Gasteiger partial charge is 0.273 e. The Balaban J connectivity index is 2.07. The molecule has 0 spiro atoms. The van der Waals surface area contributed by atoms with Crippen LogP contribution in [0.25, 0.3) is 0 Å². The second-order valence-corrected chi connectivity index (χ2v) is 3.30. The summed E-state index contributed by atoms with van der Waals surface area (Å²) in [5.41, 5.74) is 2.73. The van der Waals surface area contributed by atoms with E-state index in [1.54, 1.807) is 0 Å². The lowest BCUT2D eigenvalue weighted by atomic mass is 10.1. The first-order valence-electron chi connectivity index (χ1n) is 4.07. The lowest BCUT2D eigenvalue weighted by molar-refractivity contribution is -0.132. The smallest absolute Gasteiger partial charge is 0.240 e. The fourth-order valence-electron chi connectivity index (χ4n) is 1.07. The molecule has 1 rings (SSSR count). The van der Waals surface area contributed by atoms with Gasteiger partial charge in [0.25, 0.3) is 0 Å². The van der Waals surface area contributed by atoms with Crippen LogP contribution in [0, 0.1) is 5.41 Å². The third-order valence-electron chi connectivity index (χ3n) is 2.30. The Morgan fingerprint density at radius 3 is 2.64 bits per heavy atom. The molecule has 0 aromatic heterocycles. The lowest BCUT2D eigenvalue weighted by Gasteiger charge is -2.11. The van der Waals surface area contributed by atoms with Gasteiger partial charge in [0, 0.05) is 6.92 Å². The second-order valence-electron chi connectivity index (χ2n) is 3.30. The van der Waals surface area contributed by atoms with Crippen LogP contribution in [0.1, 0.15) is 33.1 Å². The minimum atomic E-state index is -0.128. The normalized spacial score (nSPS) is 19.5. The first kappa shape index (κ1) is 8.53. The predicted octanol–water partition coefficient (Wildman–Crippen LogP) is 1.24. The quantitative estimate of drug-likeness (QED) is 0.623. The molecule has 0 saturated heterocycles. The van der Waals surface area contributed by atoms with Gasteiger partial charge < -0.3 is 0 Å². The fraction of sp³-hybridized carbons (Fsp3) is 0.875. The van der Waals surface area contributed by atoms with E-state index in [0.717, 1.165) is 6.42 Å². The Labute approximate surface area is 67.1 Å². The highest BCUT2D eigenvalue weighted by molar-refractivity contribution is 5.71. The molecule has 1 amide bonds. The number of hydrogen-bond acceptors (Lipinski definition) is 2. The van der Waals surface area contributed by atoms with Crippen molar-refractivity contribution in [1.82, 2.24) is 5.48 Å². The number of hydrogen-bond donors (Lipinski definition) is 1. The molecule has 0 heterocycles. The van der Waals surface area contributed by atoms with Crippen LogP contribution >= 0.6 is 0 Å². The summed E-state index contributed by atoms with van der Waals surface area (Å²) >= 11 is 0. The number of carbonyl (C=O) groups is 1.